The van der Waals surface area contributed by atoms with Crippen LogP contribution in [0.15, 0.2) is 57.9 Å². The quantitative estimate of drug-likeness (QED) is 0.179. The average molecular weight is 598 g/mol. The van der Waals surface area contributed by atoms with Crippen LogP contribution in [0.2, 0.25) is 0 Å². The van der Waals surface area contributed by atoms with Crippen molar-refractivity contribution in [1.82, 2.24) is 4.40 Å². The van der Waals surface area contributed by atoms with Gasteiger partial charge in [0.25, 0.3) is 0 Å². The number of hydrogen-bond acceptors (Lipinski definition) is 8. The van der Waals surface area contributed by atoms with Crippen molar-refractivity contribution in [1.29, 1.82) is 0 Å². The van der Waals surface area contributed by atoms with Gasteiger partial charge < -0.3 is 37.6 Å². The summed E-state index contributed by atoms with van der Waals surface area (Å²) in [5.41, 5.74) is 3.21. The second-order valence-electron chi connectivity index (χ2n) is 11.3. The monoisotopic (exact) mass is 597 g/mol. The van der Waals surface area contributed by atoms with Gasteiger partial charge in [-0.05, 0) is 87.5 Å². The van der Waals surface area contributed by atoms with E-state index in [9.17, 15) is 9.90 Å². The van der Waals surface area contributed by atoms with E-state index >= 15 is 0 Å². The molecule has 6 aromatic rings. The second kappa shape index (κ2) is 10.9. The Kier molecular flexibility index (Phi) is 7.19. The van der Waals surface area contributed by atoms with Gasteiger partial charge in [-0.15, -0.1) is 0 Å². The summed E-state index contributed by atoms with van der Waals surface area (Å²) < 4.78 is 36.7. The third-order valence-electron chi connectivity index (χ3n) is 7.65. The van der Waals surface area contributed by atoms with E-state index in [1.807, 2.05) is 69.5 Å². The van der Waals surface area contributed by atoms with Crippen LogP contribution in [-0.2, 0) is 0 Å². The van der Waals surface area contributed by atoms with E-state index in [1.165, 1.54) is 7.11 Å². The maximum absolute atomic E-state index is 13.9. The summed E-state index contributed by atoms with van der Waals surface area (Å²) in [6.07, 6.45) is 1.67. The van der Waals surface area contributed by atoms with Crippen molar-refractivity contribution in [3.8, 4) is 45.6 Å². The molecule has 0 saturated carbocycles. The highest BCUT2D eigenvalue weighted by Crippen LogP contribution is 2.47. The smallest absolute Gasteiger partial charge is 0.361 e. The van der Waals surface area contributed by atoms with Crippen molar-refractivity contribution < 1.29 is 33.2 Å². The van der Waals surface area contributed by atoms with Crippen LogP contribution in [0, 0.1) is 6.92 Å². The SMILES string of the molecule is COc1cc(C)c(-c2c3c4cc(OC)c(OC(C)C)cc4oc(=O)c3n3ccc4cc(OC(C)C)c(OC)cc4c23)cc1O. The van der Waals surface area contributed by atoms with Gasteiger partial charge in [0.2, 0.25) is 0 Å². The topological polar surface area (TPSA) is 101 Å². The van der Waals surface area contributed by atoms with Gasteiger partial charge in [0.1, 0.15) is 11.1 Å². The fraction of sp³-hybridized carbons (Fsp3) is 0.286. The lowest BCUT2D eigenvalue weighted by molar-refractivity contribution is 0.230. The number of aromatic nitrogens is 1. The van der Waals surface area contributed by atoms with Crippen molar-refractivity contribution in [2.24, 2.45) is 0 Å². The molecule has 0 amide bonds. The first-order valence-corrected chi connectivity index (χ1v) is 14.4. The number of methoxy groups -OCH3 is 3. The summed E-state index contributed by atoms with van der Waals surface area (Å²) in [6.45, 7) is 9.69. The predicted octanol–water partition coefficient (Wildman–Crippen LogP) is 7.63. The van der Waals surface area contributed by atoms with Crippen LogP contribution in [0.3, 0.4) is 0 Å². The molecule has 9 heteroatoms. The molecule has 44 heavy (non-hydrogen) atoms. The zero-order valence-corrected chi connectivity index (χ0v) is 26.0. The Balaban J connectivity index is 1.86. The van der Waals surface area contributed by atoms with E-state index < -0.39 is 5.63 Å². The third-order valence-corrected chi connectivity index (χ3v) is 7.65. The number of rotatable bonds is 8. The molecule has 0 saturated heterocycles. The number of phenols is 1. The number of fused-ring (bicyclic) bond motifs is 7. The van der Waals surface area contributed by atoms with Gasteiger partial charge in [-0.2, -0.15) is 0 Å². The highest BCUT2D eigenvalue weighted by Gasteiger charge is 2.26. The molecule has 0 bridgehead atoms. The lowest BCUT2D eigenvalue weighted by Gasteiger charge is -2.16. The summed E-state index contributed by atoms with van der Waals surface area (Å²) >= 11 is 0. The third kappa shape index (κ3) is 4.59. The summed E-state index contributed by atoms with van der Waals surface area (Å²) in [4.78, 5) is 13.9. The first-order valence-electron chi connectivity index (χ1n) is 14.4. The molecule has 3 aromatic carbocycles. The minimum absolute atomic E-state index is 0.0245. The van der Waals surface area contributed by atoms with Gasteiger partial charge in [-0.1, -0.05) is 0 Å². The Labute approximate surface area is 254 Å². The van der Waals surface area contributed by atoms with Crippen molar-refractivity contribution in [2.75, 3.05) is 21.3 Å². The number of aryl methyl sites for hydroxylation is 1. The zero-order chi connectivity index (χ0) is 31.4. The standard InChI is InChI=1S/C35H35NO8/c1-17(2)42-29-12-20-9-10-36-33(22(20)14-27(29)40-7)31(21-13-24(37)26(39-6)11-19(21)5)32-23-15-28(41-8)30(43-18(3)4)16-25(23)44-35(38)34(32)36/h9-18,37H,1-8H3. The van der Waals surface area contributed by atoms with E-state index in [1.54, 1.807) is 32.4 Å². The van der Waals surface area contributed by atoms with E-state index in [4.69, 9.17) is 28.1 Å². The second-order valence-corrected chi connectivity index (χ2v) is 11.3. The molecule has 1 N–H and O–H groups in total. The zero-order valence-electron chi connectivity index (χ0n) is 26.0. The lowest BCUT2D eigenvalue weighted by Crippen LogP contribution is -2.07. The fourth-order valence-corrected chi connectivity index (χ4v) is 5.88. The molecule has 0 atom stereocenters. The highest BCUT2D eigenvalue weighted by molar-refractivity contribution is 6.22. The van der Waals surface area contributed by atoms with Gasteiger partial charge in [0, 0.05) is 34.0 Å². The summed E-state index contributed by atoms with van der Waals surface area (Å²) in [6, 6.07) is 12.8. The Hall–Kier alpha value is -5.05. The first kappa shape index (κ1) is 29.0. The van der Waals surface area contributed by atoms with Crippen LogP contribution < -0.4 is 29.3 Å². The molecule has 6 rings (SSSR count). The molecule has 0 aliphatic heterocycles. The number of ether oxygens (including phenoxy) is 5. The Bertz CT molecular complexity index is 2140. The maximum Gasteiger partial charge on any atom is 0.361 e. The number of aromatic hydroxyl groups is 1. The average Bonchev–Trinajstić information content (AvgIpc) is 3.33. The van der Waals surface area contributed by atoms with Crippen molar-refractivity contribution >= 4 is 38.2 Å². The van der Waals surface area contributed by atoms with Crippen molar-refractivity contribution in [2.45, 2.75) is 46.8 Å². The van der Waals surface area contributed by atoms with Gasteiger partial charge in [0.15, 0.2) is 34.5 Å². The molecule has 0 unspecified atom stereocenters. The molecular weight excluding hydrogens is 562 g/mol. The Morgan fingerprint density at radius 2 is 1.36 bits per heavy atom. The van der Waals surface area contributed by atoms with E-state index in [0.717, 1.165) is 33.0 Å². The van der Waals surface area contributed by atoms with Gasteiger partial charge in [0.05, 0.1) is 39.1 Å². The van der Waals surface area contributed by atoms with Crippen LogP contribution in [0.4, 0.5) is 0 Å². The number of benzene rings is 3. The van der Waals surface area contributed by atoms with Crippen LogP contribution >= 0.6 is 0 Å². The lowest BCUT2D eigenvalue weighted by atomic mass is 9.94. The minimum Gasteiger partial charge on any atom is -0.504 e. The minimum atomic E-state index is -0.518. The van der Waals surface area contributed by atoms with Crippen LogP contribution in [-0.4, -0.2) is 43.0 Å². The van der Waals surface area contributed by atoms with Crippen LogP contribution in [0.5, 0.6) is 34.5 Å². The normalized spacial score (nSPS) is 11.8. The number of nitrogens with zero attached hydrogens (tertiary/aromatic N) is 1. The first-order chi connectivity index (χ1) is 21.1. The van der Waals surface area contributed by atoms with Gasteiger partial charge in [-0.3, -0.25) is 0 Å². The molecular formula is C35H35NO8. The van der Waals surface area contributed by atoms with Crippen LogP contribution in [0.1, 0.15) is 33.3 Å². The number of phenolic OH excluding ortho intramolecular Hbond substituents is 1. The van der Waals surface area contributed by atoms with E-state index in [-0.39, 0.29) is 18.0 Å². The van der Waals surface area contributed by atoms with Crippen molar-refractivity contribution in [3.05, 3.63) is 64.6 Å². The van der Waals surface area contributed by atoms with Crippen LogP contribution in [0.25, 0.3) is 49.3 Å². The molecule has 0 radical (unpaired) electrons. The number of hydrogen-bond donors (Lipinski definition) is 1. The maximum atomic E-state index is 13.9. The van der Waals surface area contributed by atoms with Gasteiger partial charge >= 0.3 is 5.63 Å². The Morgan fingerprint density at radius 1 is 0.750 bits per heavy atom. The molecule has 0 spiro atoms. The predicted molar refractivity (Wildman–Crippen MR) is 171 cm³/mol. The fourth-order valence-electron chi connectivity index (χ4n) is 5.88. The molecule has 228 valence electrons. The molecule has 3 aromatic heterocycles. The molecule has 3 heterocycles. The summed E-state index contributed by atoms with van der Waals surface area (Å²) in [7, 11) is 4.68. The molecule has 9 nitrogen and oxygen atoms in total. The molecule has 0 aliphatic rings. The van der Waals surface area contributed by atoms with E-state index in [0.29, 0.717) is 50.6 Å². The summed E-state index contributed by atoms with van der Waals surface area (Å²) in [5, 5.41) is 14.0. The van der Waals surface area contributed by atoms with Gasteiger partial charge in [-0.25, -0.2) is 4.79 Å². The molecule has 0 fully saturated rings. The highest BCUT2D eigenvalue weighted by atomic mass is 16.5. The van der Waals surface area contributed by atoms with Crippen molar-refractivity contribution in [3.63, 3.8) is 0 Å². The Morgan fingerprint density at radius 3 is 1.98 bits per heavy atom. The number of pyridine rings is 1. The molecule has 0 aliphatic carbocycles. The van der Waals surface area contributed by atoms with E-state index in [2.05, 4.69) is 0 Å². The largest absolute Gasteiger partial charge is 0.504 e. The summed E-state index contributed by atoms with van der Waals surface area (Å²) in [5.74, 6) is 2.46.